The Kier molecular flexibility index (Phi) is 7.46. The van der Waals surface area contributed by atoms with Gasteiger partial charge in [0.2, 0.25) is 0 Å². The zero-order chi connectivity index (χ0) is 23.4. The number of aliphatic imine (C=N–C) groups is 1. The van der Waals surface area contributed by atoms with E-state index in [9.17, 15) is 4.79 Å². The predicted molar refractivity (Wildman–Crippen MR) is 142 cm³/mol. The fraction of sp³-hybridized carbons (Fsp3) is 0.0400. The molecule has 4 nitrogen and oxygen atoms in total. The van der Waals surface area contributed by atoms with Gasteiger partial charge in [0.15, 0.2) is 5.17 Å². The van der Waals surface area contributed by atoms with Gasteiger partial charge in [0, 0.05) is 20.1 Å². The molecular formula is C25H15BrCl2N2O2S. The van der Waals surface area contributed by atoms with E-state index in [1.165, 1.54) is 11.8 Å². The number of carbonyl (C=O) groups excluding carboxylic acids is 1. The zero-order valence-corrected chi connectivity index (χ0v) is 20.9. The lowest BCUT2D eigenvalue weighted by Gasteiger charge is -2.15. The summed E-state index contributed by atoms with van der Waals surface area (Å²) >= 11 is 16.8. The van der Waals surface area contributed by atoms with Crippen LogP contribution in [0, 0.1) is 12.3 Å². The van der Waals surface area contributed by atoms with Gasteiger partial charge in [0.05, 0.1) is 16.3 Å². The molecule has 0 aromatic heterocycles. The van der Waals surface area contributed by atoms with Gasteiger partial charge < -0.3 is 4.74 Å². The smallest absolute Gasteiger partial charge is 0.271 e. The van der Waals surface area contributed by atoms with Gasteiger partial charge in [-0.25, -0.2) is 4.99 Å². The number of amidine groups is 1. The predicted octanol–water partition coefficient (Wildman–Crippen LogP) is 7.58. The molecule has 1 amide bonds. The number of hydrogen-bond donors (Lipinski definition) is 0. The maximum atomic E-state index is 13.5. The van der Waals surface area contributed by atoms with Gasteiger partial charge in [-0.2, -0.15) is 0 Å². The van der Waals surface area contributed by atoms with Gasteiger partial charge in [-0.15, -0.1) is 6.42 Å². The van der Waals surface area contributed by atoms with Crippen molar-refractivity contribution in [1.29, 1.82) is 0 Å². The summed E-state index contributed by atoms with van der Waals surface area (Å²) in [6.45, 7) is 0.124. The van der Waals surface area contributed by atoms with Crippen LogP contribution in [0.4, 0.5) is 11.4 Å². The van der Waals surface area contributed by atoms with Crippen molar-refractivity contribution in [2.75, 3.05) is 11.5 Å². The maximum absolute atomic E-state index is 13.5. The Labute approximate surface area is 214 Å². The number of rotatable bonds is 5. The van der Waals surface area contributed by atoms with Crippen molar-refractivity contribution in [2.45, 2.75) is 0 Å². The molecule has 3 aromatic carbocycles. The molecule has 8 heteroatoms. The van der Waals surface area contributed by atoms with Crippen LogP contribution in [-0.2, 0) is 4.79 Å². The third-order valence-corrected chi connectivity index (χ3v) is 6.48. The Morgan fingerprint density at radius 1 is 1.06 bits per heavy atom. The van der Waals surface area contributed by atoms with E-state index in [1.54, 1.807) is 65.6 Å². The van der Waals surface area contributed by atoms with Crippen LogP contribution in [0.25, 0.3) is 6.08 Å². The molecule has 0 N–H and O–H groups in total. The van der Waals surface area contributed by atoms with Gasteiger partial charge in [-0.3, -0.25) is 9.69 Å². The third-order valence-electron chi connectivity index (χ3n) is 4.51. The maximum Gasteiger partial charge on any atom is 0.271 e. The van der Waals surface area contributed by atoms with Gasteiger partial charge in [-0.05, 0) is 84.6 Å². The Hall–Kier alpha value is -2.69. The summed E-state index contributed by atoms with van der Waals surface area (Å²) < 4.78 is 6.50. The van der Waals surface area contributed by atoms with E-state index in [1.807, 2.05) is 12.1 Å². The third kappa shape index (κ3) is 5.63. The van der Waals surface area contributed by atoms with E-state index < -0.39 is 0 Å². The van der Waals surface area contributed by atoms with E-state index in [0.717, 1.165) is 10.0 Å². The summed E-state index contributed by atoms with van der Waals surface area (Å²) in [4.78, 5) is 20.2. The van der Waals surface area contributed by atoms with Crippen LogP contribution in [-0.4, -0.2) is 17.7 Å². The molecule has 1 aliphatic heterocycles. The number of halogens is 3. The first-order chi connectivity index (χ1) is 15.9. The Morgan fingerprint density at radius 2 is 1.73 bits per heavy atom. The lowest BCUT2D eigenvalue weighted by Crippen LogP contribution is -2.28. The molecule has 0 radical (unpaired) electrons. The average Bonchev–Trinajstić information content (AvgIpc) is 3.10. The highest BCUT2D eigenvalue weighted by Gasteiger charge is 2.35. The lowest BCUT2D eigenvalue weighted by atomic mass is 10.2. The number of anilines is 1. The SMILES string of the molecule is C#CCOc1ccc(Br)cc1/C=C1\SC(=Nc2ccc(Cl)cc2)N(c2ccc(Cl)cc2)C1=O. The molecule has 0 saturated carbocycles. The Balaban J connectivity index is 1.78. The highest BCUT2D eigenvalue weighted by atomic mass is 79.9. The summed E-state index contributed by atoms with van der Waals surface area (Å²) in [7, 11) is 0. The molecule has 1 saturated heterocycles. The number of terminal acetylenes is 1. The minimum absolute atomic E-state index is 0.124. The first kappa shape index (κ1) is 23.5. The van der Waals surface area contributed by atoms with Crippen LogP contribution in [0.2, 0.25) is 10.0 Å². The minimum atomic E-state index is -0.210. The first-order valence-corrected chi connectivity index (χ1v) is 12.0. The summed E-state index contributed by atoms with van der Waals surface area (Å²) in [5, 5.41) is 1.70. The molecule has 0 spiro atoms. The minimum Gasteiger partial charge on any atom is -0.480 e. The van der Waals surface area contributed by atoms with Crippen molar-refractivity contribution in [1.82, 2.24) is 0 Å². The molecule has 0 atom stereocenters. The molecule has 164 valence electrons. The van der Waals surface area contributed by atoms with Gasteiger partial charge in [-0.1, -0.05) is 45.1 Å². The molecule has 1 heterocycles. The van der Waals surface area contributed by atoms with Crippen molar-refractivity contribution in [3.8, 4) is 18.1 Å². The van der Waals surface area contributed by atoms with Crippen molar-refractivity contribution in [2.24, 2.45) is 4.99 Å². The second kappa shape index (κ2) is 10.5. The molecule has 4 rings (SSSR count). The highest BCUT2D eigenvalue weighted by molar-refractivity contribution is 9.10. The summed E-state index contributed by atoms with van der Waals surface area (Å²) in [6, 6.07) is 19.6. The number of ether oxygens (including phenoxy) is 1. The van der Waals surface area contributed by atoms with E-state index in [-0.39, 0.29) is 12.5 Å². The number of carbonyl (C=O) groups is 1. The number of nitrogens with zero attached hydrogens (tertiary/aromatic N) is 2. The topological polar surface area (TPSA) is 41.9 Å². The molecule has 1 fully saturated rings. The monoisotopic (exact) mass is 556 g/mol. The van der Waals surface area contributed by atoms with Crippen LogP contribution >= 0.6 is 50.9 Å². The van der Waals surface area contributed by atoms with E-state index in [2.05, 4.69) is 21.9 Å². The largest absolute Gasteiger partial charge is 0.480 e. The van der Waals surface area contributed by atoms with Crippen LogP contribution in [0.5, 0.6) is 5.75 Å². The second-order valence-electron chi connectivity index (χ2n) is 6.77. The van der Waals surface area contributed by atoms with E-state index in [4.69, 9.17) is 39.4 Å². The fourth-order valence-corrected chi connectivity index (χ4v) is 4.64. The summed E-state index contributed by atoms with van der Waals surface area (Å²) in [5.41, 5.74) is 2.06. The number of amides is 1. The summed E-state index contributed by atoms with van der Waals surface area (Å²) in [5.74, 6) is 2.83. The molecule has 3 aromatic rings. The Morgan fingerprint density at radius 3 is 2.39 bits per heavy atom. The molecule has 0 bridgehead atoms. The number of hydrogen-bond acceptors (Lipinski definition) is 4. The standard InChI is InChI=1S/C25H15BrCl2N2O2S/c1-2-13-32-22-12-3-17(26)14-16(22)15-23-24(31)30(21-10-6-19(28)7-11-21)25(33-23)29-20-8-4-18(27)5-9-20/h1,3-12,14-15H,13H2/b23-15-,29-25?. The number of benzene rings is 3. The quantitative estimate of drug-likeness (QED) is 0.240. The average molecular weight is 558 g/mol. The van der Waals surface area contributed by atoms with Gasteiger partial charge >= 0.3 is 0 Å². The van der Waals surface area contributed by atoms with E-state index >= 15 is 0 Å². The molecular weight excluding hydrogens is 543 g/mol. The zero-order valence-electron chi connectivity index (χ0n) is 17.0. The van der Waals surface area contributed by atoms with Crippen LogP contribution < -0.4 is 9.64 Å². The number of thioether (sulfide) groups is 1. The molecule has 33 heavy (non-hydrogen) atoms. The van der Waals surface area contributed by atoms with Gasteiger partial charge in [0.25, 0.3) is 5.91 Å². The van der Waals surface area contributed by atoms with Crippen LogP contribution in [0.1, 0.15) is 5.56 Å². The Bertz CT molecular complexity index is 1300. The van der Waals surface area contributed by atoms with Crippen molar-refractivity contribution in [3.63, 3.8) is 0 Å². The van der Waals surface area contributed by atoms with Crippen molar-refractivity contribution >= 4 is 79.4 Å². The molecule has 0 aliphatic carbocycles. The van der Waals surface area contributed by atoms with Crippen LogP contribution in [0.15, 0.2) is 81.1 Å². The van der Waals surface area contributed by atoms with Crippen molar-refractivity contribution < 1.29 is 9.53 Å². The van der Waals surface area contributed by atoms with Crippen molar-refractivity contribution in [3.05, 3.63) is 91.7 Å². The molecule has 1 aliphatic rings. The lowest BCUT2D eigenvalue weighted by molar-refractivity contribution is -0.113. The normalized spacial score (nSPS) is 15.8. The molecule has 0 unspecified atom stereocenters. The van der Waals surface area contributed by atoms with E-state index in [0.29, 0.717) is 37.2 Å². The highest BCUT2D eigenvalue weighted by Crippen LogP contribution is 2.39. The van der Waals surface area contributed by atoms with Crippen LogP contribution in [0.3, 0.4) is 0 Å². The first-order valence-electron chi connectivity index (χ1n) is 9.64. The second-order valence-corrected chi connectivity index (χ2v) is 9.57. The van der Waals surface area contributed by atoms with Gasteiger partial charge in [0.1, 0.15) is 12.4 Å². The summed E-state index contributed by atoms with van der Waals surface area (Å²) in [6.07, 6.45) is 7.11. The fourth-order valence-electron chi connectivity index (χ4n) is 3.02.